The van der Waals surface area contributed by atoms with Gasteiger partial charge in [-0.25, -0.2) is 0 Å². The molecule has 0 aliphatic carbocycles. The molecule has 4 fully saturated rings. The van der Waals surface area contributed by atoms with Crippen molar-refractivity contribution >= 4 is 15.7 Å². The molecule has 0 atom stereocenters. The average molecular weight is 484 g/mol. The van der Waals surface area contributed by atoms with Crippen molar-refractivity contribution in [2.24, 2.45) is 0 Å². The van der Waals surface area contributed by atoms with Crippen LogP contribution >= 0.6 is 15.7 Å². The molecule has 4 aliphatic heterocycles. The zero-order valence-corrected chi connectivity index (χ0v) is 14.4. The van der Waals surface area contributed by atoms with Crippen molar-refractivity contribution in [3.05, 3.63) is 0 Å². The van der Waals surface area contributed by atoms with E-state index in [-0.39, 0.29) is 0 Å². The molecule has 166 valence electrons. The third kappa shape index (κ3) is 2.50. The second-order valence-electron chi connectivity index (χ2n) is 5.73. The summed E-state index contributed by atoms with van der Waals surface area (Å²) in [6, 6.07) is 0. The van der Waals surface area contributed by atoms with E-state index in [0.717, 1.165) is 0 Å². The van der Waals surface area contributed by atoms with Crippen LogP contribution in [-0.2, 0) is 22.6 Å². The van der Waals surface area contributed by atoms with Crippen LogP contribution < -0.4 is 0 Å². The van der Waals surface area contributed by atoms with Crippen LogP contribution in [0.25, 0.3) is 0 Å². The maximum absolute atomic E-state index is 13.5. The maximum atomic E-state index is 13.5. The molecule has 0 radical (unpaired) electrons. The molecule has 2 bridgehead atoms. The Bertz CT molecular complexity index is 572. The normalized spacial score (nSPS) is 32.9. The van der Waals surface area contributed by atoms with Crippen molar-refractivity contribution in [2.75, 3.05) is 19.0 Å². The minimum atomic E-state index is -7.34. The van der Waals surface area contributed by atoms with Crippen LogP contribution in [0.15, 0.2) is 0 Å². The first kappa shape index (κ1) is 22.5. The third-order valence-electron chi connectivity index (χ3n) is 4.02. The molecular weight excluding hydrogens is 478 g/mol. The van der Waals surface area contributed by atoms with Gasteiger partial charge in [0.1, 0.15) is 0 Å². The Balaban J connectivity index is 2.43. The summed E-state index contributed by atoms with van der Waals surface area (Å²) in [5.74, 6) is 0. The van der Waals surface area contributed by atoms with Gasteiger partial charge in [0.05, 0.1) is 0 Å². The van der Waals surface area contributed by atoms with E-state index >= 15 is 0 Å². The molecule has 4 aliphatic rings. The van der Waals surface area contributed by atoms with Crippen LogP contribution in [0, 0.1) is 0 Å². The van der Waals surface area contributed by atoms with E-state index in [1.54, 1.807) is 0 Å². The quantitative estimate of drug-likeness (QED) is 0.344. The topological polar surface area (TPSA) is 46.2 Å². The van der Waals surface area contributed by atoms with Crippen LogP contribution in [0.3, 0.4) is 0 Å². The fraction of sp³-hybridized carbons (Fsp3) is 1.00. The van der Waals surface area contributed by atoms with Crippen molar-refractivity contribution in [1.29, 1.82) is 0 Å². The van der Waals surface area contributed by atoms with Gasteiger partial charge in [0.15, 0.2) is 0 Å². The van der Waals surface area contributed by atoms with Crippen molar-refractivity contribution < 1.29 is 75.3 Å². The van der Waals surface area contributed by atoms with Gasteiger partial charge in [-0.15, -0.1) is 0 Å². The van der Waals surface area contributed by atoms with E-state index in [0.29, 0.717) is 0 Å². The molecule has 4 heterocycles. The molecule has 5 nitrogen and oxygen atoms in total. The summed E-state index contributed by atoms with van der Waals surface area (Å²) in [5, 5.41) is 0. The van der Waals surface area contributed by atoms with Gasteiger partial charge in [-0.2, -0.15) is 0 Å². The van der Waals surface area contributed by atoms with Crippen LogP contribution in [0.2, 0.25) is 0 Å². The predicted molar refractivity (Wildman–Crippen MR) is 63.5 cm³/mol. The van der Waals surface area contributed by atoms with Gasteiger partial charge in [0.2, 0.25) is 0 Å². The van der Waals surface area contributed by atoms with Crippen LogP contribution in [-0.4, -0.2) is 55.0 Å². The van der Waals surface area contributed by atoms with E-state index in [4.69, 9.17) is 0 Å². The van der Waals surface area contributed by atoms with Gasteiger partial charge in [0, 0.05) is 0 Å². The zero-order chi connectivity index (χ0) is 21.7. The van der Waals surface area contributed by atoms with Gasteiger partial charge in [-0.05, 0) is 0 Å². The number of hydrogen-bond acceptors (Lipinski definition) is 5. The fourth-order valence-corrected chi connectivity index (χ4v) is 9.42. The van der Waals surface area contributed by atoms with Gasteiger partial charge in [0.25, 0.3) is 0 Å². The number of alkyl halides is 12. The molecule has 0 aromatic rings. The zero-order valence-electron chi connectivity index (χ0n) is 12.6. The Labute approximate surface area is 147 Å². The van der Waals surface area contributed by atoms with Crippen molar-refractivity contribution in [1.82, 2.24) is 0 Å². The van der Waals surface area contributed by atoms with Crippen LogP contribution in [0.1, 0.15) is 0 Å². The number of fused-ring (bicyclic) bond motifs is 3. The molecule has 1 spiro atoms. The summed E-state index contributed by atoms with van der Waals surface area (Å²) in [6.45, 7) is 0. The first-order valence-corrected chi connectivity index (χ1v) is 10.4. The monoisotopic (exact) mass is 484 g/mol. The van der Waals surface area contributed by atoms with Gasteiger partial charge in [-0.3, -0.25) is 0 Å². The van der Waals surface area contributed by atoms with Gasteiger partial charge < -0.3 is 0 Å². The van der Waals surface area contributed by atoms with E-state index in [1.165, 1.54) is 0 Å². The molecule has 4 rings (SSSR count). The van der Waals surface area contributed by atoms with E-state index in [9.17, 15) is 52.7 Å². The number of rotatable bonds is 0. The molecular formula is C9H6F12O5P2. The van der Waals surface area contributed by atoms with E-state index in [2.05, 4.69) is 22.6 Å². The molecule has 4 saturated heterocycles. The summed E-state index contributed by atoms with van der Waals surface area (Å²) in [5.41, 5.74) is -13.9. The first-order chi connectivity index (χ1) is 12.3. The second-order valence-corrected chi connectivity index (χ2v) is 10.5. The molecule has 0 N–H and O–H groups in total. The Morgan fingerprint density at radius 2 is 0.786 bits per heavy atom. The fourth-order valence-electron chi connectivity index (χ4n) is 2.83. The molecule has 28 heavy (non-hydrogen) atoms. The number of halogens is 12. The standard InChI is InChI=1S/C9H6F12O5P2/c10-6(11,12)4(7(13,14)15)5(8(16,17)18,9(19,20)21)26-28(25-4)22-1-27(2-23-28)3-24-28/h1-3H2. The Morgan fingerprint density at radius 1 is 0.536 bits per heavy atom. The molecule has 19 heteroatoms. The second kappa shape index (κ2) is 5.54. The van der Waals surface area contributed by atoms with Gasteiger partial charge >= 0.3 is 146 Å². The summed E-state index contributed by atoms with van der Waals surface area (Å²) < 4.78 is 182. The predicted octanol–water partition coefficient (Wildman–Crippen LogP) is 5.32. The van der Waals surface area contributed by atoms with Crippen LogP contribution in [0.4, 0.5) is 52.7 Å². The average Bonchev–Trinajstić information content (AvgIpc) is 2.77. The van der Waals surface area contributed by atoms with Gasteiger partial charge in [-0.1, -0.05) is 0 Å². The first-order valence-electron chi connectivity index (χ1n) is 6.65. The summed E-state index contributed by atoms with van der Waals surface area (Å²) in [7, 11) is -8.60. The Kier molecular flexibility index (Phi) is 4.45. The number of hydrogen-bond donors (Lipinski definition) is 0. The third-order valence-corrected chi connectivity index (χ3v) is 8.91. The SMILES string of the molecule is FC(F)(F)C1(C(F)(F)F)OP23(OCP(CO2)CO3)OC1(C(F)(F)F)C(F)(F)F. The summed E-state index contributed by atoms with van der Waals surface area (Å²) in [4.78, 5) is 0. The van der Waals surface area contributed by atoms with E-state index in [1.807, 2.05) is 0 Å². The van der Waals surface area contributed by atoms with Crippen molar-refractivity contribution in [2.45, 2.75) is 35.9 Å². The van der Waals surface area contributed by atoms with E-state index < -0.39 is 70.6 Å². The van der Waals surface area contributed by atoms with Crippen LogP contribution in [0.5, 0.6) is 0 Å². The Hall–Kier alpha value is -0.180. The molecule has 0 saturated carbocycles. The van der Waals surface area contributed by atoms with Crippen molar-refractivity contribution in [3.8, 4) is 0 Å². The molecule has 0 unspecified atom stereocenters. The Morgan fingerprint density at radius 3 is 1.00 bits per heavy atom. The molecule has 0 amide bonds. The summed E-state index contributed by atoms with van der Waals surface area (Å²) in [6.07, 6.45) is -31.9. The molecule has 0 aromatic heterocycles. The van der Waals surface area contributed by atoms with Crippen molar-refractivity contribution in [3.63, 3.8) is 0 Å². The molecule has 0 aromatic carbocycles. The summed E-state index contributed by atoms with van der Waals surface area (Å²) >= 11 is 0. The minimum absolute atomic E-state index is 0.843.